The van der Waals surface area contributed by atoms with Gasteiger partial charge in [-0.3, -0.25) is 0 Å². The van der Waals surface area contributed by atoms with Crippen LogP contribution in [0.3, 0.4) is 0 Å². The van der Waals surface area contributed by atoms with Crippen molar-refractivity contribution in [3.05, 3.63) is 69.2 Å². The molecular weight excluding hydrogens is 298 g/mol. The maximum atomic E-state index is 3.73. The van der Waals surface area contributed by atoms with E-state index in [1.54, 1.807) is 0 Å². The number of benzene rings is 2. The second-order valence-electron chi connectivity index (χ2n) is 5.86. The largest absolute Gasteiger partial charge is 0.308 e. The summed E-state index contributed by atoms with van der Waals surface area (Å²) in [5, 5.41) is 3.73. The number of nitrogens with one attached hydrogen (secondary N) is 1. The molecule has 0 spiro atoms. The lowest BCUT2D eigenvalue weighted by Gasteiger charge is -2.38. The summed E-state index contributed by atoms with van der Waals surface area (Å²) in [5.74, 6) is 0. The minimum absolute atomic E-state index is 0.0860. The van der Waals surface area contributed by atoms with Crippen LogP contribution in [0.5, 0.6) is 0 Å². The highest BCUT2D eigenvalue weighted by Crippen LogP contribution is 2.46. The highest BCUT2D eigenvalue weighted by atomic mass is 79.9. The van der Waals surface area contributed by atoms with Gasteiger partial charge in [-0.1, -0.05) is 53.2 Å². The molecule has 0 saturated carbocycles. The number of hydrogen-bond donors (Lipinski definition) is 1. The maximum Gasteiger partial charge on any atom is 0.0364 e. The minimum atomic E-state index is 0.0860. The molecule has 1 nitrogen and oxygen atoms in total. The molecule has 1 N–H and O–H groups in total. The Hall–Kier alpha value is -1.12. The zero-order chi connectivity index (χ0) is 13.0. The molecule has 2 aromatic carbocycles. The lowest BCUT2D eigenvalue weighted by atomic mass is 9.72. The van der Waals surface area contributed by atoms with E-state index >= 15 is 0 Å². The summed E-state index contributed by atoms with van der Waals surface area (Å²) in [6.07, 6.45) is 1.10. The predicted molar refractivity (Wildman–Crippen MR) is 81.5 cm³/mol. The average molecular weight is 314 g/mol. The average Bonchev–Trinajstić information content (AvgIpc) is 2.63. The van der Waals surface area contributed by atoms with Crippen molar-refractivity contribution < 1.29 is 0 Å². The van der Waals surface area contributed by atoms with Crippen molar-refractivity contribution in [3.8, 4) is 0 Å². The molecule has 2 aromatic rings. The van der Waals surface area contributed by atoms with E-state index in [0.717, 1.165) is 13.0 Å². The van der Waals surface area contributed by atoms with E-state index in [-0.39, 0.29) is 5.41 Å². The van der Waals surface area contributed by atoms with Gasteiger partial charge in [0.1, 0.15) is 0 Å². The fraction of sp³-hybridized carbons (Fsp3) is 0.294. The summed E-state index contributed by atoms with van der Waals surface area (Å²) in [6.45, 7) is 3.39. The van der Waals surface area contributed by atoms with Gasteiger partial charge in [0.2, 0.25) is 0 Å². The van der Waals surface area contributed by atoms with Crippen molar-refractivity contribution >= 4 is 15.9 Å². The zero-order valence-electron chi connectivity index (χ0n) is 10.9. The van der Waals surface area contributed by atoms with Crippen molar-refractivity contribution in [2.75, 3.05) is 6.54 Å². The van der Waals surface area contributed by atoms with Gasteiger partial charge in [-0.25, -0.2) is 0 Å². The van der Waals surface area contributed by atoms with E-state index in [1.165, 1.54) is 26.7 Å². The monoisotopic (exact) mass is 313 g/mol. The summed E-state index contributed by atoms with van der Waals surface area (Å²) in [7, 11) is 0. The topological polar surface area (TPSA) is 12.0 Å². The van der Waals surface area contributed by atoms with Crippen molar-refractivity contribution in [2.24, 2.45) is 0 Å². The van der Waals surface area contributed by atoms with Gasteiger partial charge < -0.3 is 5.32 Å². The second kappa shape index (κ2) is 3.94. The van der Waals surface area contributed by atoms with Gasteiger partial charge in [0.05, 0.1) is 0 Å². The molecule has 5 rings (SSSR count). The first-order chi connectivity index (χ1) is 9.18. The quantitative estimate of drug-likeness (QED) is 0.776. The van der Waals surface area contributed by atoms with Crippen LogP contribution in [0.4, 0.5) is 0 Å². The lowest BCUT2D eigenvalue weighted by Crippen LogP contribution is -2.42. The van der Waals surface area contributed by atoms with Crippen LogP contribution in [0.25, 0.3) is 0 Å². The Morgan fingerprint density at radius 3 is 2.89 bits per heavy atom. The number of rotatable bonds is 0. The first-order valence-corrected chi connectivity index (χ1v) is 7.59. The van der Waals surface area contributed by atoms with Crippen LogP contribution in [0.15, 0.2) is 46.9 Å². The van der Waals surface area contributed by atoms with E-state index in [9.17, 15) is 0 Å². The Morgan fingerprint density at radius 2 is 2.00 bits per heavy atom. The van der Waals surface area contributed by atoms with Crippen LogP contribution in [0.1, 0.15) is 35.2 Å². The van der Waals surface area contributed by atoms with Crippen LogP contribution in [-0.2, 0) is 11.8 Å². The summed E-state index contributed by atoms with van der Waals surface area (Å²) >= 11 is 3.63. The number of hydrogen-bond acceptors (Lipinski definition) is 1. The van der Waals surface area contributed by atoms with Gasteiger partial charge in [-0.15, -0.1) is 0 Å². The second-order valence-corrected chi connectivity index (χ2v) is 6.77. The Bertz CT molecular complexity index is 664. The Kier molecular flexibility index (Phi) is 2.42. The van der Waals surface area contributed by atoms with Crippen molar-refractivity contribution in [1.29, 1.82) is 0 Å². The Balaban J connectivity index is 2.06. The molecule has 2 aliphatic heterocycles. The van der Waals surface area contributed by atoms with Gasteiger partial charge in [0.15, 0.2) is 0 Å². The smallest absolute Gasteiger partial charge is 0.0364 e. The highest BCUT2D eigenvalue weighted by Gasteiger charge is 2.41. The first-order valence-electron chi connectivity index (χ1n) is 6.80. The van der Waals surface area contributed by atoms with E-state index in [2.05, 4.69) is 70.6 Å². The third-order valence-electron chi connectivity index (χ3n) is 4.72. The predicted octanol–water partition coefficient (Wildman–Crippen LogP) is 3.96. The highest BCUT2D eigenvalue weighted by molar-refractivity contribution is 9.10. The molecular formula is C17H16BrN. The summed E-state index contributed by atoms with van der Waals surface area (Å²) in [6, 6.07) is 16.1. The van der Waals surface area contributed by atoms with E-state index < -0.39 is 0 Å². The van der Waals surface area contributed by atoms with Crippen LogP contribution in [0.2, 0.25) is 0 Å². The van der Waals surface area contributed by atoms with Crippen molar-refractivity contribution in [1.82, 2.24) is 5.32 Å². The Labute approximate surface area is 122 Å². The van der Waals surface area contributed by atoms with Crippen LogP contribution in [0, 0.1) is 0 Å². The van der Waals surface area contributed by atoms with Crippen molar-refractivity contribution in [2.45, 2.75) is 24.8 Å². The number of halogens is 1. The zero-order valence-corrected chi connectivity index (χ0v) is 12.5. The van der Waals surface area contributed by atoms with Crippen LogP contribution >= 0.6 is 15.9 Å². The third-order valence-corrected chi connectivity index (χ3v) is 5.22. The SMILES string of the molecule is CC12CNC(Cc3ccccc31)c1ccc(Br)cc12. The molecule has 96 valence electrons. The van der Waals surface area contributed by atoms with E-state index in [1.807, 2.05) is 0 Å². The van der Waals surface area contributed by atoms with Gasteiger partial charge in [-0.05, 0) is 40.8 Å². The fourth-order valence-electron chi connectivity index (χ4n) is 3.72. The van der Waals surface area contributed by atoms with Gasteiger partial charge >= 0.3 is 0 Å². The normalized spacial score (nSPS) is 27.6. The summed E-state index contributed by atoms with van der Waals surface area (Å²) in [5.41, 5.74) is 6.01. The van der Waals surface area contributed by atoms with Crippen molar-refractivity contribution in [3.63, 3.8) is 0 Å². The van der Waals surface area contributed by atoms with E-state index in [0.29, 0.717) is 6.04 Å². The molecule has 0 aromatic heterocycles. The van der Waals surface area contributed by atoms with Gasteiger partial charge in [0, 0.05) is 22.5 Å². The molecule has 1 aliphatic carbocycles. The Morgan fingerprint density at radius 1 is 1.16 bits per heavy atom. The molecule has 2 bridgehead atoms. The molecule has 0 fully saturated rings. The molecule has 2 heteroatoms. The molecule has 2 atom stereocenters. The molecule has 0 radical (unpaired) electrons. The van der Waals surface area contributed by atoms with Gasteiger partial charge in [-0.2, -0.15) is 0 Å². The summed E-state index contributed by atoms with van der Waals surface area (Å²) in [4.78, 5) is 0. The molecule has 0 amide bonds. The van der Waals surface area contributed by atoms with Crippen LogP contribution in [-0.4, -0.2) is 6.54 Å². The molecule has 0 saturated heterocycles. The van der Waals surface area contributed by atoms with E-state index in [4.69, 9.17) is 0 Å². The molecule has 19 heavy (non-hydrogen) atoms. The molecule has 3 aliphatic rings. The lowest BCUT2D eigenvalue weighted by molar-refractivity contribution is 0.424. The third kappa shape index (κ3) is 1.56. The first kappa shape index (κ1) is 11.7. The maximum absolute atomic E-state index is 3.73. The minimum Gasteiger partial charge on any atom is -0.308 e. The fourth-order valence-corrected chi connectivity index (χ4v) is 4.08. The summed E-state index contributed by atoms with van der Waals surface area (Å²) < 4.78 is 1.18. The van der Waals surface area contributed by atoms with Gasteiger partial charge in [0.25, 0.3) is 0 Å². The standard InChI is InChI=1S/C17H16BrN/c1-17-10-19-16(8-11-4-2-3-5-14(11)17)13-7-6-12(18)9-15(13)17/h2-7,9,16,19H,8,10H2,1H3. The molecule has 2 heterocycles. The van der Waals surface area contributed by atoms with Crippen LogP contribution < -0.4 is 5.32 Å². The number of fused-ring (bicyclic) bond motifs is 1. The molecule has 2 unspecified atom stereocenters.